The average Bonchev–Trinajstić information content (AvgIpc) is 3.09. The normalized spacial score (nSPS) is 11.9. The highest BCUT2D eigenvalue weighted by Crippen LogP contribution is 2.24. The highest BCUT2D eigenvalue weighted by atomic mass is 35.5. The molecule has 0 aliphatic rings. The lowest BCUT2D eigenvalue weighted by molar-refractivity contribution is -0.116. The number of carbonyl (C=O) groups excluding carboxylic acids is 1. The van der Waals surface area contributed by atoms with Gasteiger partial charge in [-0.15, -0.1) is 0 Å². The van der Waals surface area contributed by atoms with E-state index in [0.29, 0.717) is 17.3 Å². The van der Waals surface area contributed by atoms with Gasteiger partial charge in [-0.3, -0.25) is 4.79 Å². The van der Waals surface area contributed by atoms with E-state index in [4.69, 9.17) is 11.6 Å². The molecule has 2 heterocycles. The summed E-state index contributed by atoms with van der Waals surface area (Å²) < 4.78 is 2.08. The predicted molar refractivity (Wildman–Crippen MR) is 96.1 cm³/mol. The Morgan fingerprint density at radius 3 is 2.50 bits per heavy atom. The number of halogens is 1. The van der Waals surface area contributed by atoms with E-state index in [9.17, 15) is 4.79 Å². The van der Waals surface area contributed by atoms with Gasteiger partial charge in [-0.25, -0.2) is 4.98 Å². The van der Waals surface area contributed by atoms with Gasteiger partial charge in [-0.1, -0.05) is 29.8 Å². The number of anilines is 1. The van der Waals surface area contributed by atoms with Crippen molar-refractivity contribution in [3.63, 3.8) is 0 Å². The van der Waals surface area contributed by atoms with E-state index in [0.717, 1.165) is 12.1 Å². The van der Waals surface area contributed by atoms with E-state index in [-0.39, 0.29) is 11.8 Å². The molecule has 3 rings (SSSR count). The highest BCUT2D eigenvalue weighted by molar-refractivity contribution is 6.30. The third-order valence-electron chi connectivity index (χ3n) is 3.80. The Morgan fingerprint density at radius 1 is 1.08 bits per heavy atom. The molecule has 1 aromatic carbocycles. The molecule has 0 saturated carbocycles. The number of aromatic nitrogens is 2. The number of rotatable bonds is 6. The van der Waals surface area contributed by atoms with E-state index in [1.165, 1.54) is 0 Å². The lowest BCUT2D eigenvalue weighted by Gasteiger charge is -2.18. The molecule has 0 fully saturated rings. The van der Waals surface area contributed by atoms with Gasteiger partial charge < -0.3 is 9.88 Å². The Labute approximate surface area is 146 Å². The SMILES string of the molecule is O=C(C[C@H](Cn1cccc1)c1ccc(Cl)cc1)Nc1ccccn1. The van der Waals surface area contributed by atoms with Crippen LogP contribution < -0.4 is 5.32 Å². The third-order valence-corrected chi connectivity index (χ3v) is 4.05. The van der Waals surface area contributed by atoms with Crippen molar-refractivity contribution >= 4 is 23.3 Å². The van der Waals surface area contributed by atoms with Crippen LogP contribution in [0.15, 0.2) is 73.2 Å². The largest absolute Gasteiger partial charge is 0.354 e. The monoisotopic (exact) mass is 339 g/mol. The van der Waals surface area contributed by atoms with E-state index < -0.39 is 0 Å². The minimum absolute atomic E-state index is 0.0541. The highest BCUT2D eigenvalue weighted by Gasteiger charge is 2.17. The number of nitrogens with one attached hydrogen (secondary N) is 1. The number of benzene rings is 1. The number of hydrogen-bond donors (Lipinski definition) is 1. The van der Waals surface area contributed by atoms with E-state index in [1.54, 1.807) is 12.3 Å². The van der Waals surface area contributed by atoms with Gasteiger partial charge in [0, 0.05) is 42.5 Å². The van der Waals surface area contributed by atoms with Crippen molar-refractivity contribution in [2.24, 2.45) is 0 Å². The number of nitrogens with zero attached hydrogens (tertiary/aromatic N) is 2. The summed E-state index contributed by atoms with van der Waals surface area (Å²) in [7, 11) is 0. The number of pyridine rings is 1. The summed E-state index contributed by atoms with van der Waals surface area (Å²) in [5.74, 6) is 0.567. The lowest BCUT2D eigenvalue weighted by Crippen LogP contribution is -2.19. The Balaban J connectivity index is 1.74. The van der Waals surface area contributed by atoms with Crippen LogP contribution in [0.3, 0.4) is 0 Å². The van der Waals surface area contributed by atoms with Crippen molar-refractivity contribution in [1.29, 1.82) is 0 Å². The van der Waals surface area contributed by atoms with Gasteiger partial charge in [0.05, 0.1) is 0 Å². The number of carbonyl (C=O) groups is 1. The molecule has 122 valence electrons. The Bertz CT molecular complexity index is 770. The minimum atomic E-state index is -0.0548. The quantitative estimate of drug-likeness (QED) is 0.725. The van der Waals surface area contributed by atoms with Gasteiger partial charge in [-0.2, -0.15) is 0 Å². The molecule has 0 aliphatic carbocycles. The Hall–Kier alpha value is -2.59. The summed E-state index contributed by atoms with van der Waals surface area (Å²) in [6, 6.07) is 17.1. The maximum Gasteiger partial charge on any atom is 0.226 e. The van der Waals surface area contributed by atoms with Crippen molar-refractivity contribution in [2.75, 3.05) is 5.32 Å². The van der Waals surface area contributed by atoms with Gasteiger partial charge in [0.25, 0.3) is 0 Å². The molecule has 2 aromatic heterocycles. The smallest absolute Gasteiger partial charge is 0.226 e. The standard InChI is InChI=1S/C19H18ClN3O/c20-17-8-6-15(7-9-17)16(14-23-11-3-4-12-23)13-19(24)22-18-5-1-2-10-21-18/h1-12,16H,13-14H2,(H,21,22,24)/t16-/m1/s1. The average molecular weight is 340 g/mol. The van der Waals surface area contributed by atoms with Crippen molar-refractivity contribution in [2.45, 2.75) is 18.9 Å². The van der Waals surface area contributed by atoms with Crippen LogP contribution in [0.25, 0.3) is 0 Å². The zero-order valence-electron chi connectivity index (χ0n) is 13.1. The first-order valence-corrected chi connectivity index (χ1v) is 8.15. The van der Waals surface area contributed by atoms with Crippen LogP contribution in [0.1, 0.15) is 17.9 Å². The second kappa shape index (κ2) is 7.79. The fourth-order valence-corrected chi connectivity index (χ4v) is 2.75. The fraction of sp³-hybridized carbons (Fsp3) is 0.158. The molecule has 24 heavy (non-hydrogen) atoms. The molecule has 0 saturated heterocycles. The zero-order chi connectivity index (χ0) is 16.8. The molecule has 0 bridgehead atoms. The minimum Gasteiger partial charge on any atom is -0.354 e. The van der Waals surface area contributed by atoms with Crippen LogP contribution in [0, 0.1) is 0 Å². The molecule has 1 amide bonds. The second-order valence-corrected chi connectivity index (χ2v) is 6.03. The first kappa shape index (κ1) is 16.3. The molecule has 5 heteroatoms. The summed E-state index contributed by atoms with van der Waals surface area (Å²) in [5, 5.41) is 3.54. The van der Waals surface area contributed by atoms with Gasteiger partial charge in [0.15, 0.2) is 0 Å². The van der Waals surface area contributed by atoms with E-state index in [1.807, 2.05) is 60.9 Å². The van der Waals surface area contributed by atoms with Crippen LogP contribution in [-0.2, 0) is 11.3 Å². The Morgan fingerprint density at radius 2 is 1.83 bits per heavy atom. The summed E-state index contributed by atoms with van der Waals surface area (Å²) >= 11 is 5.98. The molecule has 4 nitrogen and oxygen atoms in total. The van der Waals surface area contributed by atoms with Crippen LogP contribution in [-0.4, -0.2) is 15.5 Å². The van der Waals surface area contributed by atoms with E-state index in [2.05, 4.69) is 14.9 Å². The topological polar surface area (TPSA) is 46.9 Å². The number of amides is 1. The molecule has 0 aliphatic heterocycles. The molecular formula is C19H18ClN3O. The van der Waals surface area contributed by atoms with Crippen LogP contribution in [0.2, 0.25) is 5.02 Å². The lowest BCUT2D eigenvalue weighted by atomic mass is 9.95. The molecule has 0 radical (unpaired) electrons. The van der Waals surface area contributed by atoms with Crippen molar-refractivity contribution < 1.29 is 4.79 Å². The van der Waals surface area contributed by atoms with Gasteiger partial charge in [0.2, 0.25) is 5.91 Å². The van der Waals surface area contributed by atoms with Gasteiger partial charge in [0.1, 0.15) is 5.82 Å². The molecule has 1 atom stereocenters. The molecule has 1 N–H and O–H groups in total. The molecular weight excluding hydrogens is 322 g/mol. The van der Waals surface area contributed by atoms with Gasteiger partial charge in [-0.05, 0) is 42.0 Å². The molecule has 0 spiro atoms. The van der Waals surface area contributed by atoms with Crippen LogP contribution in [0.5, 0.6) is 0 Å². The first-order valence-electron chi connectivity index (χ1n) is 7.78. The molecule has 3 aromatic rings. The molecule has 0 unspecified atom stereocenters. The third kappa shape index (κ3) is 4.46. The number of hydrogen-bond acceptors (Lipinski definition) is 2. The predicted octanol–water partition coefficient (Wildman–Crippen LogP) is 4.35. The maximum absolute atomic E-state index is 12.4. The van der Waals surface area contributed by atoms with Gasteiger partial charge >= 0.3 is 0 Å². The van der Waals surface area contributed by atoms with E-state index >= 15 is 0 Å². The maximum atomic E-state index is 12.4. The van der Waals surface area contributed by atoms with Crippen molar-refractivity contribution in [3.05, 3.63) is 83.8 Å². The zero-order valence-corrected chi connectivity index (χ0v) is 13.9. The van der Waals surface area contributed by atoms with Crippen LogP contribution >= 0.6 is 11.6 Å². The van der Waals surface area contributed by atoms with Crippen molar-refractivity contribution in [3.8, 4) is 0 Å². The fourth-order valence-electron chi connectivity index (χ4n) is 2.62. The summed E-state index contributed by atoms with van der Waals surface area (Å²) in [4.78, 5) is 16.5. The van der Waals surface area contributed by atoms with Crippen LogP contribution in [0.4, 0.5) is 5.82 Å². The second-order valence-electron chi connectivity index (χ2n) is 5.60. The Kier molecular flexibility index (Phi) is 5.29. The first-order chi connectivity index (χ1) is 11.7. The summed E-state index contributed by atoms with van der Waals surface area (Å²) in [6.45, 7) is 0.726. The van der Waals surface area contributed by atoms with Crippen molar-refractivity contribution in [1.82, 2.24) is 9.55 Å². The summed E-state index contributed by atoms with van der Waals surface area (Å²) in [5.41, 5.74) is 1.09. The summed E-state index contributed by atoms with van der Waals surface area (Å²) in [6.07, 6.45) is 6.03.